The predicted octanol–water partition coefficient (Wildman–Crippen LogP) is 3.67. The molecule has 20 heavy (non-hydrogen) atoms. The minimum absolute atomic E-state index is 0.0600. The van der Waals surface area contributed by atoms with Gasteiger partial charge in [-0.05, 0) is 37.3 Å². The molecular weight excluding hydrogens is 250 g/mol. The Morgan fingerprint density at radius 3 is 1.90 bits per heavy atom. The molecule has 1 aromatic carbocycles. The van der Waals surface area contributed by atoms with E-state index in [0.717, 1.165) is 5.56 Å². The van der Waals surface area contributed by atoms with E-state index in [1.807, 2.05) is 25.7 Å². The van der Waals surface area contributed by atoms with Crippen molar-refractivity contribution in [1.29, 1.82) is 0 Å². The molecule has 0 spiro atoms. The third-order valence-electron chi connectivity index (χ3n) is 3.47. The van der Waals surface area contributed by atoms with Crippen molar-refractivity contribution >= 4 is 5.97 Å². The van der Waals surface area contributed by atoms with Crippen LogP contribution >= 0.6 is 0 Å². The number of hydrogen-bond donors (Lipinski definition) is 1. The summed E-state index contributed by atoms with van der Waals surface area (Å²) in [4.78, 5) is 13.0. The van der Waals surface area contributed by atoms with Crippen LogP contribution in [0.2, 0.25) is 0 Å². The van der Waals surface area contributed by atoms with Crippen LogP contribution in [0.4, 0.5) is 0 Å². The highest BCUT2D eigenvalue weighted by Crippen LogP contribution is 2.23. The summed E-state index contributed by atoms with van der Waals surface area (Å²) in [5, 5.41) is 9.03. The molecule has 3 nitrogen and oxygen atoms in total. The Kier molecular flexibility index (Phi) is 4.98. The Labute approximate surface area is 122 Å². The van der Waals surface area contributed by atoms with Gasteiger partial charge in [0.2, 0.25) is 0 Å². The third-order valence-corrected chi connectivity index (χ3v) is 3.47. The second-order valence-corrected chi connectivity index (χ2v) is 7.37. The number of rotatable bonds is 4. The van der Waals surface area contributed by atoms with Crippen molar-refractivity contribution < 1.29 is 9.90 Å². The standard InChI is InChI=1S/C17H27NO2/c1-16(2,3)14-9-7-13(8-10-14)11-18(12-15(19)20)17(4,5)6/h7-10H,11-12H2,1-6H3,(H,19,20). The second kappa shape index (κ2) is 5.96. The molecule has 0 heterocycles. The van der Waals surface area contributed by atoms with Crippen LogP contribution in [0.15, 0.2) is 24.3 Å². The van der Waals surface area contributed by atoms with Crippen molar-refractivity contribution in [3.8, 4) is 0 Å². The Morgan fingerprint density at radius 1 is 1.05 bits per heavy atom. The number of carboxylic acids is 1. The van der Waals surface area contributed by atoms with Crippen LogP contribution in [0.3, 0.4) is 0 Å². The zero-order chi connectivity index (χ0) is 15.6. The number of nitrogens with zero attached hydrogens (tertiary/aromatic N) is 1. The van der Waals surface area contributed by atoms with Gasteiger partial charge in [0.15, 0.2) is 0 Å². The van der Waals surface area contributed by atoms with Crippen molar-refractivity contribution in [3.63, 3.8) is 0 Å². The summed E-state index contributed by atoms with van der Waals surface area (Å²) in [5.74, 6) is -0.786. The molecule has 0 atom stereocenters. The van der Waals surface area contributed by atoms with Crippen LogP contribution in [0.1, 0.15) is 52.7 Å². The van der Waals surface area contributed by atoms with Gasteiger partial charge in [-0.15, -0.1) is 0 Å². The molecule has 0 unspecified atom stereocenters. The molecule has 0 aliphatic heterocycles. The summed E-state index contributed by atoms with van der Waals surface area (Å²) in [6, 6.07) is 8.47. The smallest absolute Gasteiger partial charge is 0.317 e. The molecule has 0 aromatic heterocycles. The first-order valence-corrected chi connectivity index (χ1v) is 7.06. The number of carboxylic acid groups (broad SMARTS) is 1. The summed E-state index contributed by atoms with van der Waals surface area (Å²) in [7, 11) is 0. The summed E-state index contributed by atoms with van der Waals surface area (Å²) in [6.45, 7) is 13.4. The van der Waals surface area contributed by atoms with Gasteiger partial charge in [0, 0.05) is 12.1 Å². The summed E-state index contributed by atoms with van der Waals surface area (Å²) >= 11 is 0. The first kappa shape index (κ1) is 16.7. The van der Waals surface area contributed by atoms with Crippen LogP contribution in [-0.2, 0) is 16.8 Å². The fraction of sp³-hybridized carbons (Fsp3) is 0.588. The van der Waals surface area contributed by atoms with Crippen LogP contribution in [0, 0.1) is 0 Å². The van der Waals surface area contributed by atoms with E-state index in [4.69, 9.17) is 5.11 Å². The van der Waals surface area contributed by atoms with Gasteiger partial charge in [-0.2, -0.15) is 0 Å². The Balaban J connectivity index is 2.87. The molecule has 0 fully saturated rings. The predicted molar refractivity (Wildman–Crippen MR) is 82.9 cm³/mol. The highest BCUT2D eigenvalue weighted by atomic mass is 16.4. The van der Waals surface area contributed by atoms with Crippen LogP contribution in [0.5, 0.6) is 0 Å². The summed E-state index contributed by atoms with van der Waals surface area (Å²) in [6.07, 6.45) is 0. The van der Waals surface area contributed by atoms with Crippen molar-refractivity contribution in [2.24, 2.45) is 0 Å². The molecule has 0 radical (unpaired) electrons. The topological polar surface area (TPSA) is 40.5 Å². The third kappa shape index (κ3) is 4.97. The fourth-order valence-electron chi connectivity index (χ4n) is 2.02. The summed E-state index contributed by atoms with van der Waals surface area (Å²) < 4.78 is 0. The first-order chi connectivity index (χ1) is 9.00. The van der Waals surface area contributed by atoms with Gasteiger partial charge < -0.3 is 5.11 Å². The van der Waals surface area contributed by atoms with Crippen LogP contribution in [-0.4, -0.2) is 28.1 Å². The lowest BCUT2D eigenvalue weighted by Crippen LogP contribution is -2.43. The molecule has 0 aliphatic rings. The van der Waals surface area contributed by atoms with E-state index in [1.165, 1.54) is 5.56 Å². The first-order valence-electron chi connectivity index (χ1n) is 7.06. The molecule has 1 N–H and O–H groups in total. The SMILES string of the molecule is CC(C)(C)c1ccc(CN(CC(=O)O)C(C)(C)C)cc1. The maximum atomic E-state index is 11.0. The minimum atomic E-state index is -0.786. The lowest BCUT2D eigenvalue weighted by Gasteiger charge is -2.34. The van der Waals surface area contributed by atoms with Gasteiger partial charge in [-0.25, -0.2) is 0 Å². The van der Waals surface area contributed by atoms with Crippen LogP contribution in [0.25, 0.3) is 0 Å². The minimum Gasteiger partial charge on any atom is -0.480 e. The normalized spacial score (nSPS) is 12.8. The maximum Gasteiger partial charge on any atom is 0.317 e. The summed E-state index contributed by atoms with van der Waals surface area (Å²) in [5.41, 5.74) is 2.42. The van der Waals surface area contributed by atoms with Gasteiger partial charge >= 0.3 is 5.97 Å². The molecule has 0 saturated heterocycles. The molecule has 1 rings (SSSR count). The Morgan fingerprint density at radius 2 is 1.55 bits per heavy atom. The van der Waals surface area contributed by atoms with Gasteiger partial charge in [0.25, 0.3) is 0 Å². The number of hydrogen-bond acceptors (Lipinski definition) is 2. The van der Waals surface area contributed by atoms with E-state index in [0.29, 0.717) is 6.54 Å². The van der Waals surface area contributed by atoms with E-state index in [-0.39, 0.29) is 17.5 Å². The average Bonchev–Trinajstić information content (AvgIpc) is 2.25. The molecule has 3 heteroatoms. The van der Waals surface area contributed by atoms with E-state index in [9.17, 15) is 4.79 Å². The molecule has 1 aromatic rings. The molecule has 0 bridgehead atoms. The fourth-order valence-corrected chi connectivity index (χ4v) is 2.02. The monoisotopic (exact) mass is 277 g/mol. The molecule has 0 amide bonds. The number of aliphatic carboxylic acids is 1. The van der Waals surface area contributed by atoms with Crippen molar-refractivity contribution in [2.45, 2.75) is 59.0 Å². The highest BCUT2D eigenvalue weighted by Gasteiger charge is 2.23. The Bertz CT molecular complexity index is 449. The van der Waals surface area contributed by atoms with E-state index < -0.39 is 5.97 Å². The van der Waals surface area contributed by atoms with E-state index in [1.54, 1.807) is 0 Å². The number of carbonyl (C=O) groups is 1. The molecule has 0 saturated carbocycles. The van der Waals surface area contributed by atoms with Crippen LogP contribution < -0.4 is 0 Å². The molecule has 112 valence electrons. The van der Waals surface area contributed by atoms with Crippen molar-refractivity contribution in [1.82, 2.24) is 4.90 Å². The zero-order valence-corrected chi connectivity index (χ0v) is 13.5. The lowest BCUT2D eigenvalue weighted by atomic mass is 9.86. The largest absolute Gasteiger partial charge is 0.480 e. The van der Waals surface area contributed by atoms with Crippen molar-refractivity contribution in [3.05, 3.63) is 35.4 Å². The lowest BCUT2D eigenvalue weighted by molar-refractivity contribution is -0.139. The van der Waals surface area contributed by atoms with E-state index in [2.05, 4.69) is 45.0 Å². The number of benzene rings is 1. The van der Waals surface area contributed by atoms with Gasteiger partial charge in [0.05, 0.1) is 6.54 Å². The van der Waals surface area contributed by atoms with Gasteiger partial charge in [-0.3, -0.25) is 9.69 Å². The quantitative estimate of drug-likeness (QED) is 0.913. The average molecular weight is 277 g/mol. The molecule has 0 aliphatic carbocycles. The molecular formula is C17H27NO2. The van der Waals surface area contributed by atoms with E-state index >= 15 is 0 Å². The van der Waals surface area contributed by atoms with Gasteiger partial charge in [0.1, 0.15) is 0 Å². The maximum absolute atomic E-state index is 11.0. The Hall–Kier alpha value is -1.35. The van der Waals surface area contributed by atoms with Gasteiger partial charge in [-0.1, -0.05) is 45.0 Å². The zero-order valence-electron chi connectivity index (χ0n) is 13.5. The van der Waals surface area contributed by atoms with Crippen molar-refractivity contribution in [2.75, 3.05) is 6.54 Å². The second-order valence-electron chi connectivity index (χ2n) is 7.37. The highest BCUT2D eigenvalue weighted by molar-refractivity contribution is 5.69.